The van der Waals surface area contributed by atoms with Crippen molar-refractivity contribution >= 4 is 15.9 Å². The molecule has 0 spiro atoms. The van der Waals surface area contributed by atoms with Gasteiger partial charge in [-0.25, -0.2) is 0 Å². The summed E-state index contributed by atoms with van der Waals surface area (Å²) >= 11 is 3.42. The number of hydrogen-bond donors (Lipinski definition) is 0. The predicted octanol–water partition coefficient (Wildman–Crippen LogP) is 2.52. The highest BCUT2D eigenvalue weighted by Gasteiger charge is 2.34. The molecule has 0 bridgehead atoms. The molecule has 1 aromatic heterocycles. The summed E-state index contributed by atoms with van der Waals surface area (Å²) in [6.07, 6.45) is 0. The first-order valence-electron chi connectivity index (χ1n) is 4.42. The van der Waals surface area contributed by atoms with Crippen LogP contribution in [-0.4, -0.2) is 18.7 Å². The van der Waals surface area contributed by atoms with Gasteiger partial charge in [0.05, 0.1) is 18.2 Å². The summed E-state index contributed by atoms with van der Waals surface area (Å²) in [5, 5.41) is 0. The topological polar surface area (TPSA) is 31.4 Å². The molecule has 4 heteroatoms. The molecule has 0 fully saturated rings. The molecule has 2 heterocycles. The Labute approximate surface area is 91.6 Å². The van der Waals surface area contributed by atoms with Gasteiger partial charge in [0.2, 0.25) is 11.8 Å². The van der Waals surface area contributed by atoms with Crippen molar-refractivity contribution in [1.82, 2.24) is 4.98 Å². The van der Waals surface area contributed by atoms with Crippen LogP contribution in [0.5, 0.6) is 11.8 Å². The lowest BCUT2D eigenvalue weighted by Gasteiger charge is -2.14. The highest BCUT2D eigenvalue weighted by atomic mass is 79.9. The summed E-state index contributed by atoms with van der Waals surface area (Å²) in [4.78, 5) is 4.28. The van der Waals surface area contributed by atoms with E-state index in [9.17, 15) is 0 Å². The van der Waals surface area contributed by atoms with Crippen molar-refractivity contribution in [3.05, 3.63) is 16.1 Å². The van der Waals surface area contributed by atoms with E-state index in [2.05, 4.69) is 34.8 Å². The van der Waals surface area contributed by atoms with E-state index >= 15 is 0 Å². The fourth-order valence-corrected chi connectivity index (χ4v) is 2.00. The van der Waals surface area contributed by atoms with E-state index in [-0.39, 0.29) is 5.41 Å². The number of halogens is 1. The second kappa shape index (κ2) is 3.12. The third-order valence-electron chi connectivity index (χ3n) is 2.40. The molecule has 0 aliphatic carbocycles. The Kier molecular flexibility index (Phi) is 2.18. The number of pyridine rings is 1. The lowest BCUT2D eigenvalue weighted by atomic mass is 9.88. The molecular formula is C10H12BrNO2. The minimum atomic E-state index is 0.0388. The van der Waals surface area contributed by atoms with Gasteiger partial charge in [-0.3, -0.25) is 0 Å². The van der Waals surface area contributed by atoms with Crippen molar-refractivity contribution in [3.63, 3.8) is 0 Å². The average molecular weight is 258 g/mol. The molecule has 0 amide bonds. The van der Waals surface area contributed by atoms with Crippen molar-refractivity contribution < 1.29 is 9.47 Å². The molecule has 3 nitrogen and oxygen atoms in total. The number of nitrogens with zero attached hydrogens (tertiary/aromatic N) is 1. The van der Waals surface area contributed by atoms with E-state index in [1.165, 1.54) is 0 Å². The third-order valence-corrected chi connectivity index (χ3v) is 2.97. The van der Waals surface area contributed by atoms with Crippen LogP contribution in [0.3, 0.4) is 0 Å². The molecule has 0 N–H and O–H groups in total. The van der Waals surface area contributed by atoms with Gasteiger partial charge in [0.25, 0.3) is 0 Å². The van der Waals surface area contributed by atoms with Gasteiger partial charge in [-0.05, 0) is 22.0 Å². The Balaban J connectivity index is 2.55. The summed E-state index contributed by atoms with van der Waals surface area (Å²) in [6.45, 7) is 4.95. The number of methoxy groups -OCH3 is 1. The maximum Gasteiger partial charge on any atom is 0.231 e. The molecule has 0 saturated carbocycles. The number of hydrogen-bond acceptors (Lipinski definition) is 3. The van der Waals surface area contributed by atoms with E-state index in [0.29, 0.717) is 18.4 Å². The van der Waals surface area contributed by atoms with Gasteiger partial charge in [0.15, 0.2) is 0 Å². The summed E-state index contributed by atoms with van der Waals surface area (Å²) < 4.78 is 11.5. The van der Waals surface area contributed by atoms with Crippen LogP contribution >= 0.6 is 15.9 Å². The molecule has 1 aliphatic rings. The van der Waals surface area contributed by atoms with Gasteiger partial charge < -0.3 is 9.47 Å². The quantitative estimate of drug-likeness (QED) is 0.775. The standard InChI is InChI=1S/C10H12BrNO2/c1-10(2)5-14-8-6(10)4-7(11)9(12-8)13-3/h4H,5H2,1-3H3. The number of rotatable bonds is 1. The normalized spacial score (nSPS) is 17.4. The summed E-state index contributed by atoms with van der Waals surface area (Å²) in [5.41, 5.74) is 1.17. The van der Waals surface area contributed by atoms with Gasteiger partial charge >= 0.3 is 0 Å². The molecule has 0 atom stereocenters. The molecule has 14 heavy (non-hydrogen) atoms. The van der Waals surface area contributed by atoms with Crippen LogP contribution in [0, 0.1) is 0 Å². The van der Waals surface area contributed by atoms with E-state index < -0.39 is 0 Å². The van der Waals surface area contributed by atoms with Gasteiger partial charge in [0, 0.05) is 11.0 Å². The summed E-state index contributed by atoms with van der Waals surface area (Å²) in [5.74, 6) is 1.26. The Bertz CT molecular complexity index is 377. The minimum absolute atomic E-state index is 0.0388. The zero-order valence-electron chi connectivity index (χ0n) is 8.43. The van der Waals surface area contributed by atoms with Crippen LogP contribution in [0.1, 0.15) is 19.4 Å². The number of ether oxygens (including phenoxy) is 2. The van der Waals surface area contributed by atoms with Crippen molar-refractivity contribution in [2.45, 2.75) is 19.3 Å². The first kappa shape index (κ1) is 9.77. The van der Waals surface area contributed by atoms with E-state index in [1.807, 2.05) is 6.07 Å². The molecule has 0 unspecified atom stereocenters. The van der Waals surface area contributed by atoms with Gasteiger partial charge in [-0.15, -0.1) is 0 Å². The first-order chi connectivity index (χ1) is 6.54. The van der Waals surface area contributed by atoms with E-state index in [1.54, 1.807) is 7.11 Å². The first-order valence-corrected chi connectivity index (χ1v) is 5.22. The molecule has 0 radical (unpaired) electrons. The minimum Gasteiger partial charge on any atom is -0.480 e. The maximum atomic E-state index is 5.50. The van der Waals surface area contributed by atoms with Crippen LogP contribution in [-0.2, 0) is 5.41 Å². The summed E-state index contributed by atoms with van der Waals surface area (Å²) in [6, 6.07) is 2.02. The second-order valence-corrected chi connectivity index (χ2v) is 4.86. The van der Waals surface area contributed by atoms with Crippen LogP contribution in [0.2, 0.25) is 0 Å². The predicted molar refractivity (Wildman–Crippen MR) is 57.0 cm³/mol. The Morgan fingerprint density at radius 3 is 2.93 bits per heavy atom. The zero-order chi connectivity index (χ0) is 10.3. The Hall–Kier alpha value is -0.770. The van der Waals surface area contributed by atoms with Crippen LogP contribution in [0.15, 0.2) is 10.5 Å². The van der Waals surface area contributed by atoms with Crippen molar-refractivity contribution in [3.8, 4) is 11.8 Å². The van der Waals surface area contributed by atoms with Crippen molar-refractivity contribution in [2.75, 3.05) is 13.7 Å². The van der Waals surface area contributed by atoms with E-state index in [4.69, 9.17) is 9.47 Å². The summed E-state index contributed by atoms with van der Waals surface area (Å²) in [7, 11) is 1.60. The maximum absolute atomic E-state index is 5.50. The highest BCUT2D eigenvalue weighted by molar-refractivity contribution is 9.10. The smallest absolute Gasteiger partial charge is 0.231 e. The van der Waals surface area contributed by atoms with Crippen LogP contribution in [0.4, 0.5) is 0 Å². The molecule has 2 rings (SSSR count). The molecule has 0 saturated heterocycles. The molecule has 0 aromatic carbocycles. The van der Waals surface area contributed by atoms with Gasteiger partial charge in [0.1, 0.15) is 0 Å². The number of aromatic nitrogens is 1. The molecule has 1 aliphatic heterocycles. The monoisotopic (exact) mass is 257 g/mol. The Morgan fingerprint density at radius 2 is 2.29 bits per heavy atom. The highest BCUT2D eigenvalue weighted by Crippen LogP contribution is 2.40. The average Bonchev–Trinajstić information content (AvgIpc) is 2.42. The van der Waals surface area contributed by atoms with E-state index in [0.717, 1.165) is 10.0 Å². The lowest BCUT2D eigenvalue weighted by molar-refractivity contribution is 0.280. The largest absolute Gasteiger partial charge is 0.480 e. The second-order valence-electron chi connectivity index (χ2n) is 4.00. The molecule has 76 valence electrons. The van der Waals surface area contributed by atoms with Crippen molar-refractivity contribution in [2.24, 2.45) is 0 Å². The fourth-order valence-electron chi connectivity index (χ4n) is 1.52. The Morgan fingerprint density at radius 1 is 1.57 bits per heavy atom. The molecular weight excluding hydrogens is 246 g/mol. The van der Waals surface area contributed by atoms with Crippen LogP contribution in [0.25, 0.3) is 0 Å². The number of fused-ring (bicyclic) bond motifs is 1. The zero-order valence-corrected chi connectivity index (χ0v) is 10.0. The van der Waals surface area contributed by atoms with Crippen molar-refractivity contribution in [1.29, 1.82) is 0 Å². The fraction of sp³-hybridized carbons (Fsp3) is 0.500. The van der Waals surface area contributed by atoms with Gasteiger partial charge in [-0.1, -0.05) is 13.8 Å². The SMILES string of the molecule is COc1nc2c(cc1Br)C(C)(C)CO2. The van der Waals surface area contributed by atoms with Gasteiger partial charge in [-0.2, -0.15) is 4.98 Å². The molecule has 1 aromatic rings. The lowest BCUT2D eigenvalue weighted by Crippen LogP contribution is -2.18. The third kappa shape index (κ3) is 1.38. The van der Waals surface area contributed by atoms with Crippen LogP contribution < -0.4 is 9.47 Å².